The molecular formula is C29H24Cl2FN3O5S. The Morgan fingerprint density at radius 2 is 1.78 bits per heavy atom. The molecule has 4 aromatic rings. The zero-order valence-electron chi connectivity index (χ0n) is 21.9. The van der Waals surface area contributed by atoms with Crippen molar-refractivity contribution < 1.29 is 28.0 Å². The number of carbonyl (C=O) groups is 2. The number of aromatic nitrogens is 2. The number of ether oxygens (including phenoxy) is 2. The number of hydrogen-bond acceptors (Lipinski definition) is 9. The van der Waals surface area contributed by atoms with Gasteiger partial charge in [0, 0.05) is 36.4 Å². The lowest BCUT2D eigenvalue weighted by molar-refractivity contribution is 0.0202. The average Bonchev–Trinajstić information content (AvgIpc) is 3.45. The minimum absolute atomic E-state index is 0.0816. The number of methoxy groups -OCH3 is 1. The molecule has 212 valence electrons. The summed E-state index contributed by atoms with van der Waals surface area (Å²) in [7, 11) is 1.26. The summed E-state index contributed by atoms with van der Waals surface area (Å²) >= 11 is 14.3. The number of fused-ring (bicyclic) bond motifs is 3. The molecule has 12 heteroatoms. The van der Waals surface area contributed by atoms with E-state index in [0.717, 1.165) is 31.7 Å². The molecule has 0 N–H and O–H groups in total. The van der Waals surface area contributed by atoms with E-state index in [4.69, 9.17) is 37.2 Å². The number of thiazole rings is 1. The summed E-state index contributed by atoms with van der Waals surface area (Å²) in [6, 6.07) is 8.05. The number of hydrogen-bond donors (Lipinski definition) is 0. The van der Waals surface area contributed by atoms with Crippen molar-refractivity contribution in [1.82, 2.24) is 10.1 Å². The van der Waals surface area contributed by atoms with Gasteiger partial charge in [0.15, 0.2) is 16.7 Å². The molecule has 3 fully saturated rings. The molecule has 1 unspecified atom stereocenters. The van der Waals surface area contributed by atoms with E-state index in [9.17, 15) is 14.0 Å². The van der Waals surface area contributed by atoms with Crippen LogP contribution in [0.3, 0.4) is 0 Å². The Hall–Kier alpha value is -3.21. The van der Waals surface area contributed by atoms with Crippen LogP contribution in [0.4, 0.5) is 9.52 Å². The lowest BCUT2D eigenvalue weighted by Crippen LogP contribution is -2.46. The van der Waals surface area contributed by atoms with Crippen LogP contribution in [0.1, 0.15) is 70.9 Å². The summed E-state index contributed by atoms with van der Waals surface area (Å²) in [6.07, 6.45) is 4.55. The maximum absolute atomic E-state index is 14.8. The van der Waals surface area contributed by atoms with E-state index in [0.29, 0.717) is 55.3 Å². The van der Waals surface area contributed by atoms with Crippen LogP contribution in [0.25, 0.3) is 21.5 Å². The molecule has 4 heterocycles. The number of carbonyl (C=O) groups excluding carboxylic acids is 2. The predicted octanol–water partition coefficient (Wildman–Crippen LogP) is 7.42. The van der Waals surface area contributed by atoms with Crippen LogP contribution in [-0.4, -0.2) is 47.4 Å². The summed E-state index contributed by atoms with van der Waals surface area (Å²) in [4.78, 5) is 32.5. The van der Waals surface area contributed by atoms with Crippen LogP contribution in [0, 0.1) is 5.82 Å². The van der Waals surface area contributed by atoms with Gasteiger partial charge in [-0.25, -0.2) is 19.0 Å². The molecular weight excluding hydrogens is 592 g/mol. The summed E-state index contributed by atoms with van der Waals surface area (Å²) in [6.45, 7) is 0. The molecule has 7 rings (SSSR count). The van der Waals surface area contributed by atoms with E-state index in [1.54, 1.807) is 24.3 Å². The molecule has 2 aromatic heterocycles. The quantitative estimate of drug-likeness (QED) is 0.207. The van der Waals surface area contributed by atoms with Crippen molar-refractivity contribution in [3.05, 3.63) is 63.1 Å². The molecule has 2 saturated heterocycles. The van der Waals surface area contributed by atoms with Gasteiger partial charge in [0.05, 0.1) is 27.4 Å². The second-order valence-electron chi connectivity index (χ2n) is 10.7. The van der Waals surface area contributed by atoms with Gasteiger partial charge in [0.2, 0.25) is 0 Å². The van der Waals surface area contributed by atoms with Crippen LogP contribution < -0.4 is 4.90 Å². The second kappa shape index (κ2) is 10.3. The van der Waals surface area contributed by atoms with Gasteiger partial charge in [-0.3, -0.25) is 0 Å². The van der Waals surface area contributed by atoms with Crippen LogP contribution in [0.15, 0.2) is 34.9 Å². The van der Waals surface area contributed by atoms with Crippen molar-refractivity contribution in [2.24, 2.45) is 0 Å². The van der Waals surface area contributed by atoms with Gasteiger partial charge in [-0.15, -0.1) is 0 Å². The van der Waals surface area contributed by atoms with E-state index < -0.39 is 17.8 Å². The van der Waals surface area contributed by atoms with E-state index in [1.807, 2.05) is 0 Å². The zero-order chi connectivity index (χ0) is 28.4. The molecule has 8 nitrogen and oxygen atoms in total. The van der Waals surface area contributed by atoms with Gasteiger partial charge in [-0.1, -0.05) is 45.8 Å². The summed E-state index contributed by atoms with van der Waals surface area (Å²) < 4.78 is 31.9. The van der Waals surface area contributed by atoms with Crippen molar-refractivity contribution in [2.45, 2.75) is 62.6 Å². The Morgan fingerprint density at radius 1 is 1.07 bits per heavy atom. The Bertz CT molecular complexity index is 1670. The minimum atomic E-state index is -0.596. The van der Waals surface area contributed by atoms with Crippen molar-refractivity contribution in [1.29, 1.82) is 0 Å². The van der Waals surface area contributed by atoms with Gasteiger partial charge in [-0.05, 0) is 49.9 Å². The number of halogens is 3. The Labute approximate surface area is 248 Å². The average molecular weight is 616 g/mol. The lowest BCUT2D eigenvalue weighted by atomic mass is 9.99. The predicted molar refractivity (Wildman–Crippen MR) is 153 cm³/mol. The lowest BCUT2D eigenvalue weighted by Gasteiger charge is -2.38. The molecule has 3 atom stereocenters. The third kappa shape index (κ3) is 4.66. The molecule has 2 aromatic carbocycles. The number of nitrogens with zero attached hydrogens (tertiary/aromatic N) is 3. The zero-order valence-corrected chi connectivity index (χ0v) is 24.2. The summed E-state index contributed by atoms with van der Waals surface area (Å²) in [5.41, 5.74) is 1.43. The fraction of sp³-hybridized carbons (Fsp3) is 0.379. The van der Waals surface area contributed by atoms with Crippen LogP contribution in [-0.2, 0) is 9.47 Å². The summed E-state index contributed by atoms with van der Waals surface area (Å²) in [5.74, 6) is -1.01. The second-order valence-corrected chi connectivity index (χ2v) is 12.5. The Morgan fingerprint density at radius 3 is 2.44 bits per heavy atom. The van der Waals surface area contributed by atoms with E-state index in [-0.39, 0.29) is 35.2 Å². The molecule has 0 amide bonds. The summed E-state index contributed by atoms with van der Waals surface area (Å²) in [5, 5.41) is 5.66. The van der Waals surface area contributed by atoms with Gasteiger partial charge in [0.25, 0.3) is 0 Å². The number of benzene rings is 2. The van der Waals surface area contributed by atoms with Crippen molar-refractivity contribution in [3.8, 4) is 11.3 Å². The monoisotopic (exact) mass is 615 g/mol. The van der Waals surface area contributed by atoms with Crippen LogP contribution in [0.2, 0.25) is 10.0 Å². The fourth-order valence-electron chi connectivity index (χ4n) is 6.09. The van der Waals surface area contributed by atoms with Gasteiger partial charge in [-0.2, -0.15) is 0 Å². The SMILES string of the molecule is COC(=O)c1cc(F)c2nc(N3[C@@H]4CC[C@H]3CC(OC(=O)c3c(-c5c(Cl)cccc5Cl)noc3C3CC3)C4)sc2c1. The van der Waals surface area contributed by atoms with E-state index >= 15 is 0 Å². The highest BCUT2D eigenvalue weighted by molar-refractivity contribution is 7.22. The Kier molecular flexibility index (Phi) is 6.67. The van der Waals surface area contributed by atoms with Gasteiger partial charge < -0.3 is 18.9 Å². The van der Waals surface area contributed by atoms with Gasteiger partial charge in [0.1, 0.15) is 22.9 Å². The number of piperidine rings is 1. The highest BCUT2D eigenvalue weighted by atomic mass is 35.5. The molecule has 1 aliphatic carbocycles. The maximum atomic E-state index is 14.8. The third-order valence-electron chi connectivity index (χ3n) is 8.11. The first-order chi connectivity index (χ1) is 19.8. The smallest absolute Gasteiger partial charge is 0.344 e. The highest BCUT2D eigenvalue weighted by Gasteiger charge is 2.45. The highest BCUT2D eigenvalue weighted by Crippen LogP contribution is 2.47. The molecule has 2 bridgehead atoms. The van der Waals surface area contributed by atoms with Crippen LogP contribution in [0.5, 0.6) is 0 Å². The van der Waals surface area contributed by atoms with Crippen molar-refractivity contribution >= 4 is 61.8 Å². The molecule has 0 radical (unpaired) electrons. The first-order valence-electron chi connectivity index (χ1n) is 13.4. The fourth-order valence-corrected chi connectivity index (χ4v) is 7.83. The van der Waals surface area contributed by atoms with Crippen LogP contribution >= 0.6 is 34.5 Å². The maximum Gasteiger partial charge on any atom is 0.344 e. The topological polar surface area (TPSA) is 94.8 Å². The Balaban J connectivity index is 1.13. The van der Waals surface area contributed by atoms with E-state index in [2.05, 4.69) is 15.0 Å². The molecule has 3 aliphatic rings. The van der Waals surface area contributed by atoms with Crippen molar-refractivity contribution in [3.63, 3.8) is 0 Å². The minimum Gasteiger partial charge on any atom is -0.465 e. The first-order valence-corrected chi connectivity index (χ1v) is 15.0. The van der Waals surface area contributed by atoms with Gasteiger partial charge >= 0.3 is 11.9 Å². The first kappa shape index (κ1) is 26.7. The normalized spacial score (nSPS) is 21.9. The largest absolute Gasteiger partial charge is 0.465 e. The number of esters is 2. The number of rotatable bonds is 6. The van der Waals surface area contributed by atoms with E-state index in [1.165, 1.54) is 18.4 Å². The standard InChI is InChI=1S/C29H24Cl2FN3O5S/c1-38-27(36)14-9-20(32)24-21(10-14)41-29(33-24)35-15-7-8-16(35)12-17(11-15)39-28(37)23-25(34-40-26(23)13-5-6-13)22-18(30)3-2-4-19(22)31/h2-4,9-10,13,15-17H,5-8,11-12H2,1H3/t15-,16+,17?. The molecule has 1 saturated carbocycles. The third-order valence-corrected chi connectivity index (χ3v) is 9.76. The molecule has 0 spiro atoms. The molecule has 2 aliphatic heterocycles. The van der Waals surface area contributed by atoms with Crippen molar-refractivity contribution in [2.75, 3.05) is 12.0 Å². The molecule has 41 heavy (non-hydrogen) atoms. The number of anilines is 1.